The zero-order chi connectivity index (χ0) is 22.8. The van der Waals surface area contributed by atoms with Crippen LogP contribution >= 0.6 is 0 Å². The summed E-state index contributed by atoms with van der Waals surface area (Å²) in [6, 6.07) is 3.33. The van der Waals surface area contributed by atoms with Crippen molar-refractivity contribution in [3.63, 3.8) is 0 Å². The lowest BCUT2D eigenvalue weighted by atomic mass is 9.96. The Hall–Kier alpha value is -3.52. The van der Waals surface area contributed by atoms with Gasteiger partial charge in [-0.05, 0) is 49.8 Å². The summed E-state index contributed by atoms with van der Waals surface area (Å²) >= 11 is 0. The molecule has 2 aromatic rings. The average molecular weight is 436 g/mol. The van der Waals surface area contributed by atoms with E-state index >= 15 is 0 Å². The minimum Gasteiger partial charge on any atom is -0.493 e. The summed E-state index contributed by atoms with van der Waals surface area (Å²) in [4.78, 5) is 4.48. The van der Waals surface area contributed by atoms with Crippen molar-refractivity contribution >= 4 is 11.4 Å². The van der Waals surface area contributed by atoms with Crippen LogP contribution in [0.3, 0.4) is 0 Å². The molecule has 0 spiro atoms. The SMILES string of the molecule is COc1cc(F)cc(C)c1OC(C)N=C(/C=C(\N)c1cc(C(F)(F)F)[nH]n1)C1C=C=C1. The van der Waals surface area contributed by atoms with Gasteiger partial charge in [-0.2, -0.15) is 18.3 Å². The fraction of sp³-hybridized carbons (Fsp3) is 0.286. The van der Waals surface area contributed by atoms with E-state index in [1.165, 1.54) is 25.3 Å². The maximum absolute atomic E-state index is 13.6. The highest BCUT2D eigenvalue weighted by molar-refractivity contribution is 6.04. The summed E-state index contributed by atoms with van der Waals surface area (Å²) in [6.07, 6.45) is -0.403. The Bertz CT molecular complexity index is 1090. The van der Waals surface area contributed by atoms with E-state index in [9.17, 15) is 17.6 Å². The second-order valence-corrected chi connectivity index (χ2v) is 6.82. The molecular formula is C21H20F4N4O2. The van der Waals surface area contributed by atoms with Gasteiger partial charge >= 0.3 is 6.18 Å². The van der Waals surface area contributed by atoms with Crippen LogP contribution in [0.15, 0.2) is 47.2 Å². The number of nitrogens with two attached hydrogens (primary N) is 1. The first-order valence-corrected chi connectivity index (χ1v) is 9.20. The Balaban J connectivity index is 1.87. The number of rotatable bonds is 7. The molecule has 3 N–H and O–H groups in total. The number of hydrogen-bond acceptors (Lipinski definition) is 5. The van der Waals surface area contributed by atoms with Gasteiger partial charge in [0.25, 0.3) is 0 Å². The summed E-state index contributed by atoms with van der Waals surface area (Å²) in [5.41, 5.74) is 8.73. The number of benzene rings is 1. The first-order valence-electron chi connectivity index (χ1n) is 9.20. The van der Waals surface area contributed by atoms with Gasteiger partial charge < -0.3 is 15.2 Å². The third-order valence-electron chi connectivity index (χ3n) is 4.42. The fourth-order valence-corrected chi connectivity index (χ4v) is 2.84. The standard InChI is InChI=1S/C21H20F4N4O2/c1-11-7-14(22)8-18(30-3)20(11)31-12(2)27-16(13-5-4-6-13)9-15(26)17-10-19(29-28-17)21(23,24)25/h5-10,12-13H,26H2,1-3H3,(H,28,29)/b15-9-,27-16?. The molecule has 1 aromatic heterocycles. The first-order chi connectivity index (χ1) is 14.6. The number of H-pyrrole nitrogens is 1. The van der Waals surface area contributed by atoms with Crippen LogP contribution in [0.2, 0.25) is 0 Å². The molecule has 3 rings (SSSR count). The molecule has 1 aliphatic carbocycles. The van der Waals surface area contributed by atoms with E-state index in [4.69, 9.17) is 15.2 Å². The van der Waals surface area contributed by atoms with Crippen LogP contribution in [0, 0.1) is 18.7 Å². The van der Waals surface area contributed by atoms with Crippen molar-refractivity contribution in [1.29, 1.82) is 0 Å². The normalized spacial score (nSPS) is 15.7. The van der Waals surface area contributed by atoms with Gasteiger partial charge in [-0.1, -0.05) is 0 Å². The molecule has 164 valence electrons. The zero-order valence-corrected chi connectivity index (χ0v) is 16.9. The number of aromatic nitrogens is 2. The molecule has 6 nitrogen and oxygen atoms in total. The van der Waals surface area contributed by atoms with E-state index < -0.39 is 23.9 Å². The highest BCUT2D eigenvalue weighted by Gasteiger charge is 2.33. The van der Waals surface area contributed by atoms with Crippen LogP contribution < -0.4 is 15.2 Å². The first kappa shape index (κ1) is 22.2. The summed E-state index contributed by atoms with van der Waals surface area (Å²) in [5, 5.41) is 5.54. The Labute approximate surface area is 175 Å². The summed E-state index contributed by atoms with van der Waals surface area (Å²) in [5.74, 6) is -0.146. The van der Waals surface area contributed by atoms with Gasteiger partial charge in [0.1, 0.15) is 17.2 Å². The molecule has 1 aliphatic rings. The van der Waals surface area contributed by atoms with Crippen LogP contribution in [0.5, 0.6) is 11.5 Å². The Morgan fingerprint density at radius 2 is 2.03 bits per heavy atom. The fourth-order valence-electron chi connectivity index (χ4n) is 2.84. The molecule has 1 heterocycles. The molecule has 0 saturated carbocycles. The van der Waals surface area contributed by atoms with Gasteiger partial charge in [-0.15, -0.1) is 5.73 Å². The molecule has 0 aliphatic heterocycles. The van der Waals surface area contributed by atoms with Crippen molar-refractivity contribution in [2.45, 2.75) is 26.3 Å². The number of aliphatic imine (C=N–C) groups is 1. The smallest absolute Gasteiger partial charge is 0.432 e. The minimum atomic E-state index is -4.56. The van der Waals surface area contributed by atoms with Crippen LogP contribution in [-0.2, 0) is 6.18 Å². The van der Waals surface area contributed by atoms with Crippen LogP contribution in [0.1, 0.15) is 23.9 Å². The lowest BCUT2D eigenvalue weighted by Crippen LogP contribution is -2.19. The molecule has 10 heteroatoms. The number of alkyl halides is 3. The van der Waals surface area contributed by atoms with Crippen molar-refractivity contribution in [1.82, 2.24) is 10.2 Å². The molecule has 0 bridgehead atoms. The summed E-state index contributed by atoms with van der Waals surface area (Å²) in [6.45, 7) is 3.33. The molecule has 0 fully saturated rings. The topological polar surface area (TPSA) is 85.5 Å². The van der Waals surface area contributed by atoms with Crippen molar-refractivity contribution in [3.8, 4) is 11.5 Å². The van der Waals surface area contributed by atoms with Gasteiger partial charge in [-0.25, -0.2) is 9.38 Å². The molecule has 31 heavy (non-hydrogen) atoms. The van der Waals surface area contributed by atoms with Crippen molar-refractivity contribution < 1.29 is 27.0 Å². The van der Waals surface area contributed by atoms with Crippen LogP contribution in [-0.4, -0.2) is 29.2 Å². The molecule has 1 aromatic carbocycles. The van der Waals surface area contributed by atoms with Gasteiger partial charge in [0.2, 0.25) is 0 Å². The monoisotopic (exact) mass is 436 g/mol. The van der Waals surface area contributed by atoms with Gasteiger partial charge in [0, 0.05) is 6.07 Å². The second-order valence-electron chi connectivity index (χ2n) is 6.82. The molecule has 0 saturated heterocycles. The third-order valence-corrected chi connectivity index (χ3v) is 4.42. The number of aromatic amines is 1. The van der Waals surface area contributed by atoms with E-state index in [0.717, 1.165) is 6.07 Å². The maximum atomic E-state index is 13.6. The minimum absolute atomic E-state index is 0.00180. The number of nitrogens with zero attached hydrogens (tertiary/aromatic N) is 2. The molecule has 1 atom stereocenters. The number of halogens is 4. The van der Waals surface area contributed by atoms with E-state index in [1.807, 2.05) is 5.10 Å². The number of aryl methyl sites for hydroxylation is 1. The lowest BCUT2D eigenvalue weighted by molar-refractivity contribution is -0.141. The Kier molecular flexibility index (Phi) is 6.21. The summed E-state index contributed by atoms with van der Waals surface area (Å²) < 4.78 is 63.0. The number of allylic oxidation sites excluding steroid dienone is 2. The van der Waals surface area contributed by atoms with E-state index in [1.54, 1.807) is 26.0 Å². The highest BCUT2D eigenvalue weighted by Crippen LogP contribution is 2.33. The maximum Gasteiger partial charge on any atom is 0.432 e. The summed E-state index contributed by atoms with van der Waals surface area (Å²) in [7, 11) is 1.40. The number of hydrogen-bond donors (Lipinski definition) is 2. The quantitative estimate of drug-likeness (QED) is 0.383. The average Bonchev–Trinajstić information content (AvgIpc) is 3.13. The number of methoxy groups -OCH3 is 1. The molecular weight excluding hydrogens is 416 g/mol. The van der Waals surface area contributed by atoms with Gasteiger partial charge in [-0.3, -0.25) is 5.10 Å². The molecule has 1 unspecified atom stereocenters. The van der Waals surface area contributed by atoms with Crippen LogP contribution in [0.25, 0.3) is 5.70 Å². The number of nitrogens with one attached hydrogen (secondary N) is 1. The predicted octanol–water partition coefficient (Wildman–Crippen LogP) is 4.39. The lowest BCUT2D eigenvalue weighted by Gasteiger charge is -2.19. The molecule has 0 radical (unpaired) electrons. The van der Waals surface area contributed by atoms with Crippen molar-refractivity contribution in [2.75, 3.05) is 7.11 Å². The largest absolute Gasteiger partial charge is 0.493 e. The van der Waals surface area contributed by atoms with Crippen molar-refractivity contribution in [2.24, 2.45) is 16.6 Å². The number of ether oxygens (including phenoxy) is 2. The van der Waals surface area contributed by atoms with Gasteiger partial charge in [0.15, 0.2) is 17.7 Å². The predicted molar refractivity (Wildman–Crippen MR) is 107 cm³/mol. The Morgan fingerprint density at radius 1 is 1.32 bits per heavy atom. The van der Waals surface area contributed by atoms with E-state index in [-0.39, 0.29) is 23.1 Å². The highest BCUT2D eigenvalue weighted by atomic mass is 19.4. The van der Waals surface area contributed by atoms with Crippen LogP contribution in [0.4, 0.5) is 17.6 Å². The Morgan fingerprint density at radius 3 is 2.58 bits per heavy atom. The second kappa shape index (κ2) is 8.69. The van der Waals surface area contributed by atoms with E-state index in [0.29, 0.717) is 17.0 Å². The van der Waals surface area contributed by atoms with E-state index in [2.05, 4.69) is 15.8 Å². The third kappa shape index (κ3) is 5.16. The zero-order valence-electron chi connectivity index (χ0n) is 16.9. The molecule has 0 amide bonds. The van der Waals surface area contributed by atoms with Gasteiger partial charge in [0.05, 0.1) is 24.4 Å². The van der Waals surface area contributed by atoms with Crippen molar-refractivity contribution in [3.05, 3.63) is 64.9 Å².